The molecule has 7 heteroatoms. The van der Waals surface area contributed by atoms with Crippen molar-refractivity contribution in [2.45, 2.75) is 4.90 Å². The van der Waals surface area contributed by atoms with E-state index in [1.54, 1.807) is 12.1 Å². The zero-order chi connectivity index (χ0) is 15.6. The van der Waals surface area contributed by atoms with Gasteiger partial charge < -0.3 is 0 Å². The van der Waals surface area contributed by atoms with Gasteiger partial charge in [-0.2, -0.15) is 5.26 Å². The van der Waals surface area contributed by atoms with Gasteiger partial charge in [0.2, 0.25) is 0 Å². The van der Waals surface area contributed by atoms with Gasteiger partial charge in [0.05, 0.1) is 17.3 Å². The van der Waals surface area contributed by atoms with Crippen molar-refractivity contribution in [2.24, 2.45) is 0 Å². The Hall–Kier alpha value is -1.91. The summed E-state index contributed by atoms with van der Waals surface area (Å²) in [6.45, 7) is 0. The summed E-state index contributed by atoms with van der Waals surface area (Å²) in [6.07, 6.45) is 0. The van der Waals surface area contributed by atoms with Crippen LogP contribution in [-0.4, -0.2) is 15.5 Å². The summed E-state index contributed by atoms with van der Waals surface area (Å²) in [7, 11) is -2.74. The molecule has 0 N–H and O–H groups in total. The normalized spacial score (nSPS) is 11.0. The van der Waals surface area contributed by atoms with Crippen LogP contribution in [0.25, 0.3) is 0 Å². The largest absolute Gasteiger partial charge is 0.269 e. The number of nitriles is 1. The molecule has 0 spiro atoms. The number of hydrogen-bond donors (Lipinski definition) is 0. The molecule has 0 fully saturated rings. The summed E-state index contributed by atoms with van der Waals surface area (Å²) in [5, 5.41) is 8.86. The Bertz CT molecular complexity index is 831. The molecule has 2 rings (SSSR count). The van der Waals surface area contributed by atoms with Crippen molar-refractivity contribution >= 4 is 31.6 Å². The lowest BCUT2D eigenvalue weighted by Gasteiger charge is -2.20. The fraction of sp³-hybridized carbons (Fsp3) is 0.0714. The Balaban J connectivity index is 2.53. The molecule has 0 unspecified atom stereocenters. The number of benzene rings is 2. The van der Waals surface area contributed by atoms with Gasteiger partial charge in [0.15, 0.2) is 0 Å². The fourth-order valence-electron chi connectivity index (χ4n) is 1.73. The van der Waals surface area contributed by atoms with Gasteiger partial charge in [-0.1, -0.05) is 22.0 Å². The van der Waals surface area contributed by atoms with Gasteiger partial charge in [-0.3, -0.25) is 4.31 Å². The Morgan fingerprint density at radius 2 is 1.95 bits per heavy atom. The summed E-state index contributed by atoms with van der Waals surface area (Å²) < 4.78 is 40.2. The van der Waals surface area contributed by atoms with Crippen LogP contribution in [0.1, 0.15) is 5.56 Å². The van der Waals surface area contributed by atoms with Crippen molar-refractivity contribution in [1.29, 1.82) is 5.26 Å². The molecule has 2 aromatic carbocycles. The monoisotopic (exact) mass is 368 g/mol. The maximum Gasteiger partial charge on any atom is 0.267 e. The molecule has 0 saturated carbocycles. The molecule has 0 aromatic heterocycles. The summed E-state index contributed by atoms with van der Waals surface area (Å²) in [5.41, 5.74) is 0.609. The van der Waals surface area contributed by atoms with E-state index in [9.17, 15) is 12.8 Å². The van der Waals surface area contributed by atoms with Crippen molar-refractivity contribution < 1.29 is 12.8 Å². The van der Waals surface area contributed by atoms with Crippen molar-refractivity contribution in [3.8, 4) is 6.07 Å². The van der Waals surface area contributed by atoms with Crippen LogP contribution >= 0.6 is 15.9 Å². The van der Waals surface area contributed by atoms with Gasteiger partial charge in [-0.05, 0) is 36.4 Å². The third kappa shape index (κ3) is 3.06. The van der Waals surface area contributed by atoms with E-state index in [2.05, 4.69) is 15.9 Å². The van der Waals surface area contributed by atoms with E-state index in [0.29, 0.717) is 10.0 Å². The molecular weight excluding hydrogens is 359 g/mol. The first kappa shape index (κ1) is 15.5. The first-order valence-electron chi connectivity index (χ1n) is 5.80. The van der Waals surface area contributed by atoms with Crippen LogP contribution in [0.4, 0.5) is 10.1 Å². The zero-order valence-corrected chi connectivity index (χ0v) is 13.3. The zero-order valence-electron chi connectivity index (χ0n) is 10.9. The maximum atomic E-state index is 13.8. The van der Waals surface area contributed by atoms with E-state index >= 15 is 0 Å². The maximum absolute atomic E-state index is 13.8. The van der Waals surface area contributed by atoms with E-state index < -0.39 is 20.7 Å². The van der Waals surface area contributed by atoms with Gasteiger partial charge in [-0.25, -0.2) is 12.8 Å². The molecule has 0 amide bonds. The van der Waals surface area contributed by atoms with Gasteiger partial charge in [-0.15, -0.1) is 0 Å². The molecule has 0 aliphatic carbocycles. The lowest BCUT2D eigenvalue weighted by Crippen LogP contribution is -2.27. The quantitative estimate of drug-likeness (QED) is 0.834. The molecule has 0 bridgehead atoms. The second-order valence-electron chi connectivity index (χ2n) is 4.21. The average Bonchev–Trinajstić information content (AvgIpc) is 2.48. The Morgan fingerprint density at radius 1 is 1.24 bits per heavy atom. The highest BCUT2D eigenvalue weighted by atomic mass is 79.9. The van der Waals surface area contributed by atoms with E-state index in [1.165, 1.54) is 31.3 Å². The van der Waals surface area contributed by atoms with Crippen LogP contribution in [0.15, 0.2) is 51.8 Å². The van der Waals surface area contributed by atoms with Crippen LogP contribution in [0.3, 0.4) is 0 Å². The third-order valence-electron chi connectivity index (χ3n) is 2.87. The topological polar surface area (TPSA) is 61.2 Å². The first-order chi connectivity index (χ1) is 9.86. The first-order valence-corrected chi connectivity index (χ1v) is 8.03. The molecule has 0 atom stereocenters. The van der Waals surface area contributed by atoms with Gasteiger partial charge in [0, 0.05) is 11.5 Å². The highest BCUT2D eigenvalue weighted by Gasteiger charge is 2.25. The van der Waals surface area contributed by atoms with E-state index in [1.807, 2.05) is 6.07 Å². The van der Waals surface area contributed by atoms with Crippen LogP contribution in [0.5, 0.6) is 0 Å². The molecule has 0 aliphatic rings. The van der Waals surface area contributed by atoms with E-state index in [4.69, 9.17) is 5.26 Å². The molecule has 108 valence electrons. The van der Waals surface area contributed by atoms with Gasteiger partial charge >= 0.3 is 0 Å². The van der Waals surface area contributed by atoms with Crippen LogP contribution in [0.2, 0.25) is 0 Å². The molecule has 21 heavy (non-hydrogen) atoms. The van der Waals surface area contributed by atoms with Crippen molar-refractivity contribution in [2.75, 3.05) is 11.4 Å². The second kappa shape index (κ2) is 5.84. The lowest BCUT2D eigenvalue weighted by molar-refractivity contribution is 0.565. The summed E-state index contributed by atoms with van der Waals surface area (Å²) in [5.74, 6) is -0.832. The lowest BCUT2D eigenvalue weighted by atomic mass is 10.2. The average molecular weight is 369 g/mol. The van der Waals surface area contributed by atoms with Crippen LogP contribution in [-0.2, 0) is 10.0 Å². The van der Waals surface area contributed by atoms with E-state index in [-0.39, 0.29) is 5.69 Å². The number of halogens is 2. The number of anilines is 1. The van der Waals surface area contributed by atoms with Crippen LogP contribution in [0, 0.1) is 17.1 Å². The highest BCUT2D eigenvalue weighted by molar-refractivity contribution is 9.10. The Kier molecular flexibility index (Phi) is 4.30. The SMILES string of the molecule is CN(c1cccc(C#N)c1)S(=O)(=O)c1cc(Br)ccc1F. The predicted octanol–water partition coefficient (Wildman–Crippen LogP) is 3.28. The van der Waals surface area contributed by atoms with Crippen LogP contribution < -0.4 is 4.31 Å². The number of nitrogens with zero attached hydrogens (tertiary/aromatic N) is 2. The highest BCUT2D eigenvalue weighted by Crippen LogP contribution is 2.26. The summed E-state index contributed by atoms with van der Waals surface area (Å²) in [4.78, 5) is -0.429. The second-order valence-corrected chi connectivity index (χ2v) is 7.06. The van der Waals surface area contributed by atoms with Crippen molar-refractivity contribution in [3.05, 3.63) is 58.3 Å². The predicted molar refractivity (Wildman–Crippen MR) is 80.8 cm³/mol. The molecule has 0 heterocycles. The Morgan fingerprint density at radius 3 is 2.62 bits per heavy atom. The van der Waals surface area contributed by atoms with Gasteiger partial charge in [0.25, 0.3) is 10.0 Å². The molecule has 0 saturated heterocycles. The third-order valence-corrected chi connectivity index (χ3v) is 5.16. The number of sulfonamides is 1. The van der Waals surface area contributed by atoms with Gasteiger partial charge in [0.1, 0.15) is 10.7 Å². The number of rotatable bonds is 3. The number of hydrogen-bond acceptors (Lipinski definition) is 3. The minimum Gasteiger partial charge on any atom is -0.269 e. The molecule has 0 aliphatic heterocycles. The molecule has 0 radical (unpaired) electrons. The van der Waals surface area contributed by atoms with Crippen molar-refractivity contribution in [3.63, 3.8) is 0 Å². The standard InChI is InChI=1S/C14H10BrFN2O2S/c1-18(12-4-2-3-10(7-12)9-17)21(19,20)14-8-11(15)5-6-13(14)16/h2-8H,1H3. The minimum atomic E-state index is -4.05. The van der Waals surface area contributed by atoms with E-state index in [0.717, 1.165) is 10.4 Å². The fourth-order valence-corrected chi connectivity index (χ4v) is 3.52. The summed E-state index contributed by atoms with van der Waals surface area (Å²) >= 11 is 3.12. The smallest absolute Gasteiger partial charge is 0.267 e. The van der Waals surface area contributed by atoms with Crippen molar-refractivity contribution in [1.82, 2.24) is 0 Å². The molecular formula is C14H10BrFN2O2S. The minimum absolute atomic E-state index is 0.286. The molecule has 2 aromatic rings. The molecule has 4 nitrogen and oxygen atoms in total. The summed E-state index contributed by atoms with van der Waals surface area (Å²) in [6, 6.07) is 11.7. The Labute approximate surface area is 130 Å².